The summed E-state index contributed by atoms with van der Waals surface area (Å²) in [6.45, 7) is 3.11. The van der Waals surface area contributed by atoms with Crippen LogP contribution >= 0.6 is 23.4 Å². The van der Waals surface area contributed by atoms with Crippen molar-refractivity contribution >= 4 is 35.2 Å². The van der Waals surface area contributed by atoms with E-state index in [0.29, 0.717) is 18.8 Å². The van der Waals surface area contributed by atoms with E-state index in [1.54, 1.807) is 11.8 Å². The Kier molecular flexibility index (Phi) is 5.43. The first-order valence-electron chi connectivity index (χ1n) is 9.46. The van der Waals surface area contributed by atoms with Crippen molar-refractivity contribution in [2.24, 2.45) is 0 Å². The van der Waals surface area contributed by atoms with E-state index in [0.717, 1.165) is 29.9 Å². The lowest BCUT2D eigenvalue weighted by atomic mass is 9.95. The molecule has 0 aliphatic carbocycles. The second-order valence-corrected chi connectivity index (χ2v) is 8.98. The predicted octanol–water partition coefficient (Wildman–Crippen LogP) is 3.97. The van der Waals surface area contributed by atoms with Gasteiger partial charge in [-0.25, -0.2) is 0 Å². The highest BCUT2D eigenvalue weighted by Gasteiger charge is 2.50. The topological polar surface area (TPSA) is 53.8 Å². The van der Waals surface area contributed by atoms with E-state index in [1.807, 2.05) is 59.2 Å². The van der Waals surface area contributed by atoms with Crippen molar-refractivity contribution in [1.29, 1.82) is 0 Å². The van der Waals surface area contributed by atoms with Crippen LogP contribution in [0.1, 0.15) is 25.5 Å². The third-order valence-electron chi connectivity index (χ3n) is 5.62. The van der Waals surface area contributed by atoms with Gasteiger partial charge in [-0.15, -0.1) is 23.4 Å². The number of benzene rings is 1. The van der Waals surface area contributed by atoms with Gasteiger partial charge in [0.25, 0.3) is 0 Å². The van der Waals surface area contributed by atoms with E-state index in [9.17, 15) is 9.59 Å². The average molecular weight is 419 g/mol. The molecule has 0 radical (unpaired) electrons. The lowest BCUT2D eigenvalue weighted by Gasteiger charge is -2.47. The maximum absolute atomic E-state index is 12.7. The van der Waals surface area contributed by atoms with Crippen molar-refractivity contribution in [3.63, 3.8) is 0 Å². The lowest BCUT2D eigenvalue weighted by Crippen LogP contribution is -2.56. The Morgan fingerprint density at radius 3 is 2.79 bits per heavy atom. The normalized spacial score (nSPS) is 24.9. The summed E-state index contributed by atoms with van der Waals surface area (Å²) in [5.74, 6) is 2.15. The number of hydrogen-bond acceptors (Lipinski definition) is 4. The summed E-state index contributed by atoms with van der Waals surface area (Å²) < 4.78 is 6.03. The summed E-state index contributed by atoms with van der Waals surface area (Å²) in [5, 5.41) is 0. The highest BCUT2D eigenvalue weighted by molar-refractivity contribution is 8.01. The summed E-state index contributed by atoms with van der Waals surface area (Å²) in [6, 6.07) is 13.9. The number of carbonyl (C=O) groups excluding carboxylic acids is 2. The van der Waals surface area contributed by atoms with Crippen molar-refractivity contribution < 1.29 is 14.0 Å². The number of furan rings is 1. The third-order valence-corrected chi connectivity index (χ3v) is 7.36. The smallest absolute Gasteiger partial charge is 0.237 e. The fourth-order valence-corrected chi connectivity index (χ4v) is 5.82. The van der Waals surface area contributed by atoms with Gasteiger partial charge in [0.2, 0.25) is 11.8 Å². The Hall–Kier alpha value is -1.92. The Morgan fingerprint density at radius 2 is 2.07 bits per heavy atom. The van der Waals surface area contributed by atoms with Crippen LogP contribution in [0.15, 0.2) is 46.9 Å². The summed E-state index contributed by atoms with van der Waals surface area (Å²) in [5.41, 5.74) is 1.02. The zero-order chi connectivity index (χ0) is 19.7. The summed E-state index contributed by atoms with van der Waals surface area (Å²) in [6.07, 6.45) is 1.50. The largest absolute Gasteiger partial charge is 0.459 e. The SMILES string of the molecule is CC1CC2(CCN1C(=O)CCl)SCC(=O)N2Cc1ccc(-c2ccccc2)o1. The van der Waals surface area contributed by atoms with E-state index in [-0.39, 0.29) is 28.6 Å². The Balaban J connectivity index is 1.52. The molecule has 2 aliphatic rings. The van der Waals surface area contributed by atoms with Crippen LogP contribution in [0.5, 0.6) is 0 Å². The first kappa shape index (κ1) is 19.4. The molecule has 2 aromatic rings. The zero-order valence-electron chi connectivity index (χ0n) is 15.8. The molecule has 0 saturated carbocycles. The van der Waals surface area contributed by atoms with Crippen LogP contribution in [0.2, 0.25) is 0 Å². The highest BCUT2D eigenvalue weighted by atomic mass is 35.5. The van der Waals surface area contributed by atoms with Crippen molar-refractivity contribution in [3.05, 3.63) is 48.2 Å². The maximum Gasteiger partial charge on any atom is 0.237 e. The number of alkyl halides is 1. The summed E-state index contributed by atoms with van der Waals surface area (Å²) in [4.78, 5) is 28.2. The first-order valence-corrected chi connectivity index (χ1v) is 11.0. The highest BCUT2D eigenvalue weighted by Crippen LogP contribution is 2.47. The van der Waals surface area contributed by atoms with Gasteiger partial charge in [-0.05, 0) is 25.5 Å². The lowest BCUT2D eigenvalue weighted by molar-refractivity contribution is -0.136. The molecule has 2 aliphatic heterocycles. The molecule has 28 heavy (non-hydrogen) atoms. The number of carbonyl (C=O) groups is 2. The second-order valence-electron chi connectivity index (χ2n) is 7.37. The van der Waals surface area contributed by atoms with Crippen LogP contribution in [0.25, 0.3) is 11.3 Å². The minimum atomic E-state index is -0.278. The van der Waals surface area contributed by atoms with Crippen LogP contribution in [-0.4, -0.2) is 50.7 Å². The molecular weight excluding hydrogens is 396 g/mol. The van der Waals surface area contributed by atoms with E-state index in [1.165, 1.54) is 0 Å². The van der Waals surface area contributed by atoms with Crippen LogP contribution < -0.4 is 0 Å². The van der Waals surface area contributed by atoms with Crippen LogP contribution in [0.4, 0.5) is 0 Å². The fourth-order valence-electron chi connectivity index (χ4n) is 4.20. The number of likely N-dealkylation sites (tertiary alicyclic amines) is 1. The molecule has 0 N–H and O–H groups in total. The molecule has 2 saturated heterocycles. The molecule has 7 heteroatoms. The Labute approximate surface area is 174 Å². The molecule has 148 valence electrons. The average Bonchev–Trinajstić information content (AvgIpc) is 3.29. The standard InChI is InChI=1S/C21H23ClN2O3S/c1-15-11-21(9-10-23(15)19(25)12-22)24(20(26)14-28-21)13-17-7-8-18(27-17)16-5-3-2-4-6-16/h2-8,15H,9-14H2,1H3. The quantitative estimate of drug-likeness (QED) is 0.705. The Bertz CT molecular complexity index is 872. The van der Waals surface area contributed by atoms with E-state index >= 15 is 0 Å². The number of piperidine rings is 1. The minimum absolute atomic E-state index is 0.00177. The van der Waals surface area contributed by atoms with E-state index < -0.39 is 0 Å². The molecule has 0 bridgehead atoms. The number of hydrogen-bond donors (Lipinski definition) is 0. The molecule has 3 heterocycles. The zero-order valence-corrected chi connectivity index (χ0v) is 17.3. The monoisotopic (exact) mass is 418 g/mol. The molecule has 1 spiro atoms. The predicted molar refractivity (Wildman–Crippen MR) is 111 cm³/mol. The van der Waals surface area contributed by atoms with Crippen LogP contribution in [-0.2, 0) is 16.1 Å². The molecule has 2 amide bonds. The van der Waals surface area contributed by atoms with Gasteiger partial charge in [0.15, 0.2) is 0 Å². The number of amides is 2. The molecular formula is C21H23ClN2O3S. The minimum Gasteiger partial charge on any atom is -0.459 e. The van der Waals surface area contributed by atoms with Gasteiger partial charge in [0.1, 0.15) is 17.4 Å². The van der Waals surface area contributed by atoms with Gasteiger partial charge < -0.3 is 14.2 Å². The first-order chi connectivity index (χ1) is 13.5. The van der Waals surface area contributed by atoms with Crippen molar-refractivity contribution in [1.82, 2.24) is 9.80 Å². The number of nitrogens with zero attached hydrogens (tertiary/aromatic N) is 2. The third kappa shape index (κ3) is 3.55. The Morgan fingerprint density at radius 1 is 1.29 bits per heavy atom. The van der Waals surface area contributed by atoms with Gasteiger partial charge in [0, 0.05) is 24.6 Å². The van der Waals surface area contributed by atoms with Crippen LogP contribution in [0.3, 0.4) is 0 Å². The van der Waals surface area contributed by atoms with Crippen molar-refractivity contribution in [2.75, 3.05) is 18.2 Å². The summed E-state index contributed by atoms with van der Waals surface area (Å²) >= 11 is 7.43. The maximum atomic E-state index is 12.7. The van der Waals surface area contributed by atoms with Crippen LogP contribution in [0, 0.1) is 0 Å². The van der Waals surface area contributed by atoms with Gasteiger partial charge in [-0.1, -0.05) is 30.3 Å². The molecule has 2 fully saturated rings. The fraction of sp³-hybridized carbons (Fsp3) is 0.429. The number of thioether (sulfide) groups is 1. The molecule has 4 rings (SSSR count). The van der Waals surface area contributed by atoms with Gasteiger partial charge in [-0.3, -0.25) is 9.59 Å². The van der Waals surface area contributed by atoms with Gasteiger partial charge >= 0.3 is 0 Å². The molecule has 1 aromatic heterocycles. The van der Waals surface area contributed by atoms with Crippen molar-refractivity contribution in [3.8, 4) is 11.3 Å². The molecule has 2 unspecified atom stereocenters. The van der Waals surface area contributed by atoms with E-state index in [2.05, 4.69) is 0 Å². The van der Waals surface area contributed by atoms with Gasteiger partial charge in [-0.2, -0.15) is 0 Å². The molecule has 2 atom stereocenters. The second kappa shape index (κ2) is 7.84. The van der Waals surface area contributed by atoms with Crippen molar-refractivity contribution in [2.45, 2.75) is 37.2 Å². The van der Waals surface area contributed by atoms with Gasteiger partial charge in [0.05, 0.1) is 17.2 Å². The molecule has 5 nitrogen and oxygen atoms in total. The number of halogens is 1. The summed E-state index contributed by atoms with van der Waals surface area (Å²) in [7, 11) is 0. The number of rotatable bonds is 4. The van der Waals surface area contributed by atoms with E-state index in [4.69, 9.17) is 16.0 Å². The molecule has 1 aromatic carbocycles.